The zero-order valence-electron chi connectivity index (χ0n) is 13.5. The summed E-state index contributed by atoms with van der Waals surface area (Å²) in [5.41, 5.74) is 2.08. The Morgan fingerprint density at radius 3 is 2.58 bits per heavy atom. The Bertz CT molecular complexity index is 856. The summed E-state index contributed by atoms with van der Waals surface area (Å²) < 4.78 is 38.4. The highest BCUT2D eigenvalue weighted by Gasteiger charge is 2.23. The normalized spacial score (nSPS) is 16.0. The third-order valence-electron chi connectivity index (χ3n) is 3.94. The molecule has 1 aliphatic rings. The Hall–Kier alpha value is -2.69. The lowest BCUT2D eigenvalue weighted by molar-refractivity contribution is 0.0600. The molecule has 124 valence electrons. The molecule has 2 aromatic rings. The van der Waals surface area contributed by atoms with Gasteiger partial charge in [0.15, 0.2) is 0 Å². The molecule has 0 amide bonds. The number of fused-ring (bicyclic) bond motifs is 1. The van der Waals surface area contributed by atoms with E-state index in [4.69, 9.17) is 9.47 Å². The minimum absolute atomic E-state index is 0.271. The quantitative estimate of drug-likeness (QED) is 0.771. The summed E-state index contributed by atoms with van der Waals surface area (Å²) in [6.07, 6.45) is 1.47. The van der Waals surface area contributed by atoms with Crippen LogP contribution >= 0.6 is 0 Å². The molecule has 2 aromatic carbocycles. The van der Waals surface area contributed by atoms with Gasteiger partial charge in [0.25, 0.3) is 0 Å². The van der Waals surface area contributed by atoms with Crippen LogP contribution in [0.1, 0.15) is 34.0 Å². The summed E-state index contributed by atoms with van der Waals surface area (Å²) in [6, 6.07) is 7.17. The Morgan fingerprint density at radius 1 is 1.12 bits per heavy atom. The van der Waals surface area contributed by atoms with E-state index in [-0.39, 0.29) is 11.7 Å². The van der Waals surface area contributed by atoms with Gasteiger partial charge in [-0.1, -0.05) is 0 Å². The van der Waals surface area contributed by atoms with Gasteiger partial charge in [0, 0.05) is 17.2 Å². The Morgan fingerprint density at radius 2 is 1.88 bits per heavy atom. The van der Waals surface area contributed by atoms with Gasteiger partial charge in [0.2, 0.25) is 0 Å². The van der Waals surface area contributed by atoms with Crippen molar-refractivity contribution in [1.82, 2.24) is 0 Å². The van der Waals surface area contributed by atoms with Crippen LogP contribution in [0.15, 0.2) is 36.4 Å². The summed E-state index contributed by atoms with van der Waals surface area (Å²) in [7, 11) is 1.29. The molecule has 0 radical (unpaired) electrons. The number of aryl methyl sites for hydroxylation is 1. The second-order valence-corrected chi connectivity index (χ2v) is 5.69. The highest BCUT2D eigenvalue weighted by Crippen LogP contribution is 2.38. The van der Waals surface area contributed by atoms with E-state index >= 15 is 0 Å². The molecular formula is C19H16F2O3. The molecule has 1 unspecified atom stereocenters. The van der Waals surface area contributed by atoms with Crippen molar-refractivity contribution in [1.29, 1.82) is 0 Å². The summed E-state index contributed by atoms with van der Waals surface area (Å²) >= 11 is 0. The first-order valence-electron chi connectivity index (χ1n) is 7.48. The molecule has 0 spiro atoms. The number of hydrogen-bond donors (Lipinski definition) is 0. The smallest absolute Gasteiger partial charge is 0.337 e. The van der Waals surface area contributed by atoms with E-state index in [1.54, 1.807) is 31.2 Å². The number of halogens is 2. The van der Waals surface area contributed by atoms with Crippen molar-refractivity contribution in [3.05, 3.63) is 70.3 Å². The molecule has 0 aromatic heterocycles. The van der Waals surface area contributed by atoms with Gasteiger partial charge in [-0.05, 0) is 55.3 Å². The second-order valence-electron chi connectivity index (χ2n) is 5.69. The van der Waals surface area contributed by atoms with Crippen molar-refractivity contribution in [2.75, 3.05) is 7.11 Å². The maximum atomic E-state index is 14.3. The molecule has 1 atom stereocenters. The fraction of sp³-hybridized carbons (Fsp3) is 0.211. The number of benzene rings is 2. The van der Waals surface area contributed by atoms with Crippen LogP contribution in [0, 0.1) is 18.6 Å². The van der Waals surface area contributed by atoms with Gasteiger partial charge in [-0.15, -0.1) is 0 Å². The zero-order valence-corrected chi connectivity index (χ0v) is 13.5. The third kappa shape index (κ3) is 2.77. The number of carbonyl (C=O) groups excluding carboxylic acids is 1. The van der Waals surface area contributed by atoms with Gasteiger partial charge in [0.05, 0.1) is 12.7 Å². The van der Waals surface area contributed by atoms with Crippen LogP contribution in [0.5, 0.6) is 5.75 Å². The van der Waals surface area contributed by atoms with E-state index in [0.29, 0.717) is 28.0 Å². The fourth-order valence-electron chi connectivity index (χ4n) is 2.75. The first-order chi connectivity index (χ1) is 11.4. The van der Waals surface area contributed by atoms with E-state index in [1.807, 2.05) is 6.92 Å². The molecule has 0 bridgehead atoms. The number of carbonyl (C=O) groups is 1. The summed E-state index contributed by atoms with van der Waals surface area (Å²) in [6.45, 7) is 3.40. The van der Waals surface area contributed by atoms with E-state index in [9.17, 15) is 13.6 Å². The van der Waals surface area contributed by atoms with Gasteiger partial charge in [0.1, 0.15) is 23.5 Å². The monoisotopic (exact) mass is 330 g/mol. The van der Waals surface area contributed by atoms with E-state index in [1.165, 1.54) is 13.2 Å². The first kappa shape index (κ1) is 16.2. The summed E-state index contributed by atoms with van der Waals surface area (Å²) in [5.74, 6) is -1.21. The molecule has 3 rings (SSSR count). The molecular weight excluding hydrogens is 314 g/mol. The molecule has 0 fully saturated rings. The van der Waals surface area contributed by atoms with Gasteiger partial charge >= 0.3 is 5.97 Å². The first-order valence-corrected chi connectivity index (χ1v) is 7.48. The standard InChI is InChI=1S/C19H16F2O3/c1-10-6-14(17(21)9-16(10)20)13-7-11(2)24-18-5-4-12(8-15(13)18)19(22)23-3/h4-9,11H,1-3H3. The number of esters is 1. The number of hydrogen-bond acceptors (Lipinski definition) is 3. The molecule has 0 saturated heterocycles. The minimum Gasteiger partial charge on any atom is -0.486 e. The van der Waals surface area contributed by atoms with Gasteiger partial charge < -0.3 is 9.47 Å². The molecule has 5 heteroatoms. The van der Waals surface area contributed by atoms with Crippen molar-refractivity contribution in [3.63, 3.8) is 0 Å². The average Bonchev–Trinajstić information content (AvgIpc) is 2.56. The van der Waals surface area contributed by atoms with Crippen molar-refractivity contribution in [3.8, 4) is 5.75 Å². The Kier molecular flexibility index (Phi) is 4.09. The predicted octanol–water partition coefficient (Wildman–Crippen LogP) is 4.27. The zero-order chi connectivity index (χ0) is 17.4. The lowest BCUT2D eigenvalue weighted by Gasteiger charge is -2.24. The van der Waals surface area contributed by atoms with Gasteiger partial charge in [-0.25, -0.2) is 13.6 Å². The van der Waals surface area contributed by atoms with Crippen LogP contribution in [0.4, 0.5) is 8.78 Å². The number of methoxy groups -OCH3 is 1. The van der Waals surface area contributed by atoms with Crippen LogP contribution < -0.4 is 4.74 Å². The molecule has 24 heavy (non-hydrogen) atoms. The van der Waals surface area contributed by atoms with Crippen LogP contribution in [0.25, 0.3) is 5.57 Å². The van der Waals surface area contributed by atoms with E-state index < -0.39 is 17.6 Å². The molecule has 0 saturated carbocycles. The topological polar surface area (TPSA) is 35.5 Å². The van der Waals surface area contributed by atoms with E-state index in [2.05, 4.69) is 0 Å². The molecule has 1 aliphatic heterocycles. The molecule has 0 aliphatic carbocycles. The average molecular weight is 330 g/mol. The molecule has 0 N–H and O–H groups in total. The third-order valence-corrected chi connectivity index (χ3v) is 3.94. The lowest BCUT2D eigenvalue weighted by Crippen LogP contribution is -2.16. The van der Waals surface area contributed by atoms with Crippen LogP contribution in [-0.4, -0.2) is 19.2 Å². The van der Waals surface area contributed by atoms with Crippen molar-refractivity contribution in [2.45, 2.75) is 20.0 Å². The Labute approximate surface area is 138 Å². The maximum absolute atomic E-state index is 14.3. The highest BCUT2D eigenvalue weighted by molar-refractivity contribution is 5.93. The lowest BCUT2D eigenvalue weighted by atomic mass is 9.91. The Balaban J connectivity index is 2.19. The molecule has 1 heterocycles. The maximum Gasteiger partial charge on any atom is 0.337 e. The number of ether oxygens (including phenoxy) is 2. The van der Waals surface area contributed by atoms with Gasteiger partial charge in [-0.3, -0.25) is 0 Å². The summed E-state index contributed by atoms with van der Waals surface area (Å²) in [5, 5.41) is 0. The number of rotatable bonds is 2. The fourth-order valence-corrected chi connectivity index (χ4v) is 2.75. The predicted molar refractivity (Wildman–Crippen MR) is 86.0 cm³/mol. The van der Waals surface area contributed by atoms with Crippen LogP contribution in [-0.2, 0) is 4.74 Å². The van der Waals surface area contributed by atoms with Crippen LogP contribution in [0.2, 0.25) is 0 Å². The summed E-state index contributed by atoms with van der Waals surface area (Å²) in [4.78, 5) is 11.8. The molecule has 3 nitrogen and oxygen atoms in total. The minimum atomic E-state index is -0.659. The van der Waals surface area contributed by atoms with E-state index in [0.717, 1.165) is 6.07 Å². The second kappa shape index (κ2) is 6.07. The SMILES string of the molecule is COC(=O)c1ccc2c(c1)C(c1cc(C)c(F)cc1F)=CC(C)O2. The van der Waals surface area contributed by atoms with Crippen molar-refractivity contribution >= 4 is 11.5 Å². The van der Waals surface area contributed by atoms with Gasteiger partial charge in [-0.2, -0.15) is 0 Å². The highest BCUT2D eigenvalue weighted by atomic mass is 19.1. The van der Waals surface area contributed by atoms with Crippen molar-refractivity contribution in [2.24, 2.45) is 0 Å². The van der Waals surface area contributed by atoms with Crippen molar-refractivity contribution < 1.29 is 23.0 Å². The largest absolute Gasteiger partial charge is 0.486 e. The van der Waals surface area contributed by atoms with Crippen LogP contribution in [0.3, 0.4) is 0 Å².